The third-order valence-corrected chi connectivity index (χ3v) is 4.06. The summed E-state index contributed by atoms with van der Waals surface area (Å²) < 4.78 is 6.36. The fraction of sp³-hybridized carbons (Fsp3) is 0.0588. The molecule has 1 aromatic heterocycles. The fourth-order valence-electron chi connectivity index (χ4n) is 2.29. The van der Waals surface area contributed by atoms with Crippen LogP contribution >= 0.6 is 12.0 Å². The zero-order valence-corrected chi connectivity index (χ0v) is 13.7. The summed E-state index contributed by atoms with van der Waals surface area (Å²) in [5.41, 5.74) is 4.21. The highest BCUT2D eigenvalue weighted by Gasteiger charge is 2.11. The molecule has 0 spiro atoms. The molecule has 1 heterocycles. The molecule has 0 unspecified atom stereocenters. The normalized spacial score (nSPS) is 10.8. The van der Waals surface area contributed by atoms with Crippen molar-refractivity contribution in [1.29, 1.82) is 0 Å². The molecule has 0 amide bonds. The van der Waals surface area contributed by atoms with Crippen LogP contribution < -0.4 is 5.90 Å². The minimum absolute atomic E-state index is 0.379. The molecule has 3 aromatic rings. The summed E-state index contributed by atoms with van der Waals surface area (Å²) in [6.07, 6.45) is 0.741. The van der Waals surface area contributed by atoms with Gasteiger partial charge >= 0.3 is 0 Å². The van der Waals surface area contributed by atoms with Crippen molar-refractivity contribution in [2.45, 2.75) is 11.8 Å². The fourth-order valence-corrected chi connectivity index (χ4v) is 2.65. The van der Waals surface area contributed by atoms with Crippen LogP contribution in [0.4, 0.5) is 0 Å². The summed E-state index contributed by atoms with van der Waals surface area (Å²) in [4.78, 5) is 16.0. The molecule has 0 bridgehead atoms. The van der Waals surface area contributed by atoms with E-state index >= 15 is 0 Å². The van der Waals surface area contributed by atoms with E-state index in [9.17, 15) is 4.79 Å². The Bertz CT molecular complexity index is 829. The second-order valence-corrected chi connectivity index (χ2v) is 5.87. The van der Waals surface area contributed by atoms with Crippen LogP contribution in [-0.4, -0.2) is 16.1 Å². The Labute approximate surface area is 143 Å². The maximum absolute atomic E-state index is 11.1. The van der Waals surface area contributed by atoms with E-state index in [4.69, 9.17) is 5.90 Å². The van der Waals surface area contributed by atoms with Gasteiger partial charge < -0.3 is 0 Å². The first-order chi connectivity index (χ1) is 11.7. The summed E-state index contributed by atoms with van der Waals surface area (Å²) in [6.45, 7) is 2.03. The number of aryl methyl sites for hydroxylation is 1. The third kappa shape index (κ3) is 3.55. The summed E-state index contributed by atoms with van der Waals surface area (Å²) in [7, 11) is 0. The predicted octanol–water partition coefficient (Wildman–Crippen LogP) is 3.49. The van der Waals surface area contributed by atoms with Crippen molar-refractivity contribution < 1.29 is 14.1 Å². The number of nitrogens with zero attached hydrogens (tertiary/aromatic N) is 2. The van der Waals surface area contributed by atoms with E-state index in [1.54, 1.807) is 10.7 Å². The van der Waals surface area contributed by atoms with Crippen molar-refractivity contribution in [1.82, 2.24) is 9.78 Å². The first-order valence-electron chi connectivity index (χ1n) is 7.14. The second kappa shape index (κ2) is 7.41. The predicted molar refractivity (Wildman–Crippen MR) is 91.3 cm³/mol. The number of carbonyl (C=O) groups excluding carboxylic acids is 1. The molecule has 24 heavy (non-hydrogen) atoms. The Morgan fingerprint density at radius 1 is 1.12 bits per heavy atom. The standard InChI is InChI=1S/C17H15N3O3S/c1-12-2-4-13(5-3-12)17-10-14(11-21)19-20(17)15-6-8-16(9-7-15)24-23-22-18/h2-11H,18H2,1H3. The molecule has 0 radical (unpaired) electrons. The zero-order valence-electron chi connectivity index (χ0n) is 12.9. The van der Waals surface area contributed by atoms with Crippen LogP contribution in [0.5, 0.6) is 0 Å². The molecule has 0 saturated heterocycles. The van der Waals surface area contributed by atoms with Crippen molar-refractivity contribution >= 4 is 18.3 Å². The molecule has 6 nitrogen and oxygen atoms in total. The molecule has 0 aliphatic carbocycles. The zero-order chi connectivity index (χ0) is 16.9. The van der Waals surface area contributed by atoms with Crippen LogP contribution in [0.2, 0.25) is 0 Å². The largest absolute Gasteiger partial charge is 0.296 e. The molecular weight excluding hydrogens is 326 g/mol. The lowest BCUT2D eigenvalue weighted by atomic mass is 10.1. The average molecular weight is 341 g/mol. The van der Waals surface area contributed by atoms with Gasteiger partial charge in [0.1, 0.15) is 5.69 Å². The van der Waals surface area contributed by atoms with Crippen molar-refractivity contribution in [3.8, 4) is 16.9 Å². The molecule has 0 aliphatic heterocycles. The Morgan fingerprint density at radius 3 is 2.46 bits per heavy atom. The molecule has 3 rings (SSSR count). The van der Waals surface area contributed by atoms with E-state index in [2.05, 4.69) is 14.4 Å². The third-order valence-electron chi connectivity index (χ3n) is 3.45. The molecule has 2 aromatic carbocycles. The van der Waals surface area contributed by atoms with Crippen LogP contribution in [0, 0.1) is 6.92 Å². The maximum atomic E-state index is 11.1. The first kappa shape index (κ1) is 16.4. The minimum atomic E-state index is 0.379. The lowest BCUT2D eigenvalue weighted by molar-refractivity contribution is -0.195. The van der Waals surface area contributed by atoms with Gasteiger partial charge in [-0.05, 0) is 37.3 Å². The van der Waals surface area contributed by atoms with Crippen LogP contribution in [0.1, 0.15) is 16.1 Å². The topological polar surface area (TPSA) is 79.4 Å². The van der Waals surface area contributed by atoms with Gasteiger partial charge in [0.15, 0.2) is 6.29 Å². The minimum Gasteiger partial charge on any atom is -0.296 e. The molecule has 0 saturated carbocycles. The molecule has 7 heteroatoms. The maximum Gasteiger partial charge on any atom is 0.170 e. The number of aromatic nitrogens is 2. The number of benzene rings is 2. The lowest BCUT2D eigenvalue weighted by Gasteiger charge is -2.08. The molecular formula is C17H15N3O3S. The van der Waals surface area contributed by atoms with E-state index in [1.165, 1.54) is 5.56 Å². The van der Waals surface area contributed by atoms with Gasteiger partial charge in [-0.25, -0.2) is 4.68 Å². The van der Waals surface area contributed by atoms with E-state index in [0.717, 1.165) is 40.2 Å². The van der Waals surface area contributed by atoms with Crippen LogP contribution in [0.25, 0.3) is 16.9 Å². The van der Waals surface area contributed by atoms with Crippen molar-refractivity contribution in [2.24, 2.45) is 5.90 Å². The van der Waals surface area contributed by atoms with Gasteiger partial charge in [0.2, 0.25) is 0 Å². The molecule has 122 valence electrons. The summed E-state index contributed by atoms with van der Waals surface area (Å²) in [6, 6.07) is 17.3. The molecule has 0 aliphatic rings. The molecule has 2 N–H and O–H groups in total. The van der Waals surface area contributed by atoms with Gasteiger partial charge in [-0.1, -0.05) is 29.8 Å². The summed E-state index contributed by atoms with van der Waals surface area (Å²) in [5.74, 6) is 4.82. The van der Waals surface area contributed by atoms with Gasteiger partial charge in [0, 0.05) is 10.5 Å². The number of hydrogen-bond acceptors (Lipinski definition) is 6. The molecule has 0 atom stereocenters. The number of rotatable bonds is 6. The van der Waals surface area contributed by atoms with E-state index < -0.39 is 0 Å². The Morgan fingerprint density at radius 2 is 1.83 bits per heavy atom. The smallest absolute Gasteiger partial charge is 0.170 e. The number of aldehydes is 1. The van der Waals surface area contributed by atoms with Gasteiger partial charge in [0.05, 0.1) is 23.4 Å². The molecule has 0 fully saturated rings. The number of nitrogens with two attached hydrogens (primary N) is 1. The Balaban J connectivity index is 1.99. The van der Waals surface area contributed by atoms with Crippen LogP contribution in [0.3, 0.4) is 0 Å². The van der Waals surface area contributed by atoms with Crippen molar-refractivity contribution in [3.05, 3.63) is 65.9 Å². The number of carbonyl (C=O) groups is 1. The monoisotopic (exact) mass is 341 g/mol. The first-order valence-corrected chi connectivity index (χ1v) is 7.88. The highest BCUT2D eigenvalue weighted by molar-refractivity contribution is 7.94. The van der Waals surface area contributed by atoms with Crippen molar-refractivity contribution in [2.75, 3.05) is 0 Å². The SMILES string of the molecule is Cc1ccc(-c2cc(C=O)nn2-c2ccc(SOON)cc2)cc1. The van der Waals surface area contributed by atoms with Crippen LogP contribution in [0.15, 0.2) is 59.5 Å². The van der Waals surface area contributed by atoms with E-state index in [1.807, 2.05) is 55.5 Å². The Hall–Kier alpha value is -2.45. The van der Waals surface area contributed by atoms with Gasteiger partial charge in [-0.2, -0.15) is 11.0 Å². The van der Waals surface area contributed by atoms with E-state index in [-0.39, 0.29) is 0 Å². The van der Waals surface area contributed by atoms with Gasteiger partial charge in [-0.3, -0.25) is 4.79 Å². The lowest BCUT2D eigenvalue weighted by Crippen LogP contribution is -2.00. The average Bonchev–Trinajstić information content (AvgIpc) is 3.05. The van der Waals surface area contributed by atoms with Crippen LogP contribution in [-0.2, 0) is 9.32 Å². The van der Waals surface area contributed by atoms with Gasteiger partial charge in [0.25, 0.3) is 0 Å². The highest BCUT2D eigenvalue weighted by atomic mass is 32.2. The van der Waals surface area contributed by atoms with Gasteiger partial charge in [-0.15, -0.1) is 9.32 Å². The highest BCUT2D eigenvalue weighted by Crippen LogP contribution is 2.26. The quantitative estimate of drug-likeness (QED) is 0.320. The number of hydrogen-bond donors (Lipinski definition) is 1. The summed E-state index contributed by atoms with van der Waals surface area (Å²) in [5, 5.41) is 4.36. The second-order valence-electron chi connectivity index (χ2n) is 5.09. The summed E-state index contributed by atoms with van der Waals surface area (Å²) >= 11 is 1.00. The van der Waals surface area contributed by atoms with Crippen molar-refractivity contribution in [3.63, 3.8) is 0 Å². The van der Waals surface area contributed by atoms with E-state index in [0.29, 0.717) is 5.69 Å². The Kier molecular flexibility index (Phi) is 5.07.